The minimum absolute atomic E-state index is 0.0720. The summed E-state index contributed by atoms with van der Waals surface area (Å²) in [7, 11) is 1.65. The maximum atomic E-state index is 12.1. The Hall–Kier alpha value is -1.08. The molecule has 18 heavy (non-hydrogen) atoms. The van der Waals surface area contributed by atoms with Crippen LogP contribution in [0.25, 0.3) is 0 Å². The zero-order chi connectivity index (χ0) is 13.5. The van der Waals surface area contributed by atoms with Gasteiger partial charge in [0.15, 0.2) is 0 Å². The van der Waals surface area contributed by atoms with Crippen molar-refractivity contribution in [3.05, 3.63) is 0 Å². The number of hydrogen-bond acceptors (Lipinski definition) is 3. The SMILES string of the molecule is CC[C@H](O[C@H]1CCC[C@@H](C)C1)C(=O)N(C)CC#N. The van der Waals surface area contributed by atoms with Crippen LogP contribution >= 0.6 is 0 Å². The Morgan fingerprint density at radius 2 is 2.28 bits per heavy atom. The average molecular weight is 252 g/mol. The van der Waals surface area contributed by atoms with Gasteiger partial charge in [-0.25, -0.2) is 0 Å². The van der Waals surface area contributed by atoms with Crippen LogP contribution in [-0.4, -0.2) is 36.6 Å². The lowest BCUT2D eigenvalue weighted by Crippen LogP contribution is -2.40. The molecule has 1 fully saturated rings. The molecule has 0 saturated heterocycles. The van der Waals surface area contributed by atoms with Gasteiger partial charge in [0, 0.05) is 7.05 Å². The Bertz CT molecular complexity index is 311. The van der Waals surface area contributed by atoms with Crippen LogP contribution < -0.4 is 0 Å². The van der Waals surface area contributed by atoms with E-state index < -0.39 is 6.10 Å². The Morgan fingerprint density at radius 1 is 1.56 bits per heavy atom. The fourth-order valence-electron chi connectivity index (χ4n) is 2.49. The molecule has 0 aliphatic heterocycles. The Balaban J connectivity index is 2.50. The molecule has 0 radical (unpaired) electrons. The largest absolute Gasteiger partial charge is 0.365 e. The standard InChI is InChI=1S/C14H24N2O2/c1-4-13(14(17)16(3)9-8-15)18-12-7-5-6-11(2)10-12/h11-13H,4-7,9-10H2,1-3H3/t11-,12+,13+/m1/s1. The summed E-state index contributed by atoms with van der Waals surface area (Å²) in [5, 5.41) is 8.61. The third-order valence-electron chi connectivity index (χ3n) is 3.58. The smallest absolute Gasteiger partial charge is 0.252 e. The van der Waals surface area contributed by atoms with Crippen LogP contribution in [0.5, 0.6) is 0 Å². The highest BCUT2D eigenvalue weighted by atomic mass is 16.5. The fourth-order valence-corrected chi connectivity index (χ4v) is 2.49. The average Bonchev–Trinajstić information content (AvgIpc) is 2.35. The molecular weight excluding hydrogens is 228 g/mol. The second-order valence-corrected chi connectivity index (χ2v) is 5.28. The van der Waals surface area contributed by atoms with Gasteiger partial charge in [-0.15, -0.1) is 0 Å². The van der Waals surface area contributed by atoms with Crippen LogP contribution in [-0.2, 0) is 9.53 Å². The summed E-state index contributed by atoms with van der Waals surface area (Å²) >= 11 is 0. The van der Waals surface area contributed by atoms with Crippen molar-refractivity contribution < 1.29 is 9.53 Å². The van der Waals surface area contributed by atoms with Crippen molar-refractivity contribution in [1.29, 1.82) is 5.26 Å². The third kappa shape index (κ3) is 4.30. The number of amides is 1. The summed E-state index contributed by atoms with van der Waals surface area (Å²) in [5.74, 6) is 0.616. The van der Waals surface area contributed by atoms with Gasteiger partial charge >= 0.3 is 0 Å². The van der Waals surface area contributed by atoms with E-state index in [1.807, 2.05) is 13.0 Å². The molecule has 1 aliphatic carbocycles. The summed E-state index contributed by atoms with van der Waals surface area (Å²) < 4.78 is 5.94. The van der Waals surface area contributed by atoms with Crippen LogP contribution in [0.15, 0.2) is 0 Å². The van der Waals surface area contributed by atoms with E-state index in [-0.39, 0.29) is 18.6 Å². The van der Waals surface area contributed by atoms with Crippen molar-refractivity contribution in [3.8, 4) is 6.07 Å². The topological polar surface area (TPSA) is 53.3 Å². The van der Waals surface area contributed by atoms with E-state index in [0.717, 1.165) is 12.8 Å². The molecule has 4 nitrogen and oxygen atoms in total. The summed E-state index contributed by atoms with van der Waals surface area (Å²) in [6.07, 6.45) is 5.03. The lowest BCUT2D eigenvalue weighted by molar-refractivity contribution is -0.147. The fraction of sp³-hybridized carbons (Fsp3) is 0.857. The quantitative estimate of drug-likeness (QED) is 0.706. The van der Waals surface area contributed by atoms with Gasteiger partial charge in [0.1, 0.15) is 12.6 Å². The molecule has 0 heterocycles. The van der Waals surface area contributed by atoms with Crippen LogP contribution in [0.4, 0.5) is 0 Å². The summed E-state index contributed by atoms with van der Waals surface area (Å²) in [5.41, 5.74) is 0. The van der Waals surface area contributed by atoms with Gasteiger partial charge in [0.25, 0.3) is 5.91 Å². The molecule has 102 valence electrons. The van der Waals surface area contributed by atoms with Gasteiger partial charge in [0.2, 0.25) is 0 Å². The van der Waals surface area contributed by atoms with Crippen LogP contribution in [0.3, 0.4) is 0 Å². The molecule has 1 rings (SSSR count). The monoisotopic (exact) mass is 252 g/mol. The van der Waals surface area contributed by atoms with Crippen molar-refractivity contribution >= 4 is 5.91 Å². The Kier molecular flexibility index (Phi) is 6.14. The van der Waals surface area contributed by atoms with E-state index in [2.05, 4.69) is 6.92 Å². The van der Waals surface area contributed by atoms with Crippen molar-refractivity contribution in [2.45, 2.75) is 58.2 Å². The van der Waals surface area contributed by atoms with Crippen molar-refractivity contribution in [2.24, 2.45) is 5.92 Å². The number of rotatable bonds is 5. The molecular formula is C14H24N2O2. The maximum absolute atomic E-state index is 12.1. The molecule has 0 N–H and O–H groups in total. The summed E-state index contributed by atoms with van der Waals surface area (Å²) in [4.78, 5) is 13.5. The van der Waals surface area contributed by atoms with Gasteiger partial charge in [-0.2, -0.15) is 5.26 Å². The number of likely N-dealkylation sites (N-methyl/N-ethyl adjacent to an activating group) is 1. The van der Waals surface area contributed by atoms with Crippen molar-refractivity contribution in [1.82, 2.24) is 4.90 Å². The van der Waals surface area contributed by atoms with Crippen LogP contribution in [0, 0.1) is 17.2 Å². The minimum Gasteiger partial charge on any atom is -0.365 e. The number of carbonyl (C=O) groups excluding carboxylic acids is 1. The number of ether oxygens (including phenoxy) is 1. The van der Waals surface area contributed by atoms with Crippen molar-refractivity contribution in [2.75, 3.05) is 13.6 Å². The normalized spacial score (nSPS) is 25.2. The van der Waals surface area contributed by atoms with Crippen molar-refractivity contribution in [3.63, 3.8) is 0 Å². The van der Waals surface area contributed by atoms with Crippen LogP contribution in [0.2, 0.25) is 0 Å². The number of nitrogens with zero attached hydrogens (tertiary/aromatic N) is 2. The first-order valence-electron chi connectivity index (χ1n) is 6.85. The molecule has 1 amide bonds. The molecule has 0 aromatic heterocycles. The predicted molar refractivity (Wildman–Crippen MR) is 69.8 cm³/mol. The molecule has 0 unspecified atom stereocenters. The minimum atomic E-state index is -0.390. The van der Waals surface area contributed by atoms with Gasteiger partial charge in [0.05, 0.1) is 12.2 Å². The first-order valence-corrected chi connectivity index (χ1v) is 6.85. The summed E-state index contributed by atoms with van der Waals surface area (Å²) in [6, 6.07) is 1.99. The number of hydrogen-bond donors (Lipinski definition) is 0. The highest BCUT2D eigenvalue weighted by Crippen LogP contribution is 2.27. The first-order chi connectivity index (χ1) is 8.58. The lowest BCUT2D eigenvalue weighted by Gasteiger charge is -2.31. The van der Waals surface area contributed by atoms with Gasteiger partial charge in [-0.3, -0.25) is 4.79 Å². The summed E-state index contributed by atoms with van der Waals surface area (Å²) in [6.45, 7) is 4.31. The van der Waals surface area contributed by atoms with E-state index >= 15 is 0 Å². The molecule has 0 bridgehead atoms. The predicted octanol–water partition coefficient (Wildman–Crippen LogP) is 2.34. The van der Waals surface area contributed by atoms with E-state index in [9.17, 15) is 4.79 Å². The highest BCUT2D eigenvalue weighted by molar-refractivity contribution is 5.80. The molecule has 1 aliphatic rings. The van der Waals surface area contributed by atoms with Crippen LogP contribution in [0.1, 0.15) is 46.0 Å². The van der Waals surface area contributed by atoms with Gasteiger partial charge in [-0.05, 0) is 25.2 Å². The molecule has 0 aromatic carbocycles. The Labute approximate surface area is 110 Å². The zero-order valence-corrected chi connectivity index (χ0v) is 11.7. The first kappa shape index (κ1) is 15.0. The van der Waals surface area contributed by atoms with E-state index in [1.54, 1.807) is 7.05 Å². The Morgan fingerprint density at radius 3 is 2.83 bits per heavy atom. The second kappa shape index (κ2) is 7.38. The molecule has 0 aromatic rings. The van der Waals surface area contributed by atoms with E-state index in [0.29, 0.717) is 12.3 Å². The molecule has 3 atom stereocenters. The van der Waals surface area contributed by atoms with Gasteiger partial charge in [-0.1, -0.05) is 26.7 Å². The maximum Gasteiger partial charge on any atom is 0.252 e. The molecule has 1 saturated carbocycles. The third-order valence-corrected chi connectivity index (χ3v) is 3.58. The molecule has 4 heteroatoms. The van der Waals surface area contributed by atoms with E-state index in [4.69, 9.17) is 10.00 Å². The molecule has 0 spiro atoms. The number of nitriles is 1. The zero-order valence-electron chi connectivity index (χ0n) is 11.7. The highest BCUT2D eigenvalue weighted by Gasteiger charge is 2.27. The van der Waals surface area contributed by atoms with Gasteiger partial charge < -0.3 is 9.64 Å². The second-order valence-electron chi connectivity index (χ2n) is 5.28. The number of carbonyl (C=O) groups is 1. The van der Waals surface area contributed by atoms with E-state index in [1.165, 1.54) is 17.7 Å². The lowest BCUT2D eigenvalue weighted by atomic mass is 9.88.